The van der Waals surface area contributed by atoms with Crippen LogP contribution in [0.3, 0.4) is 0 Å². The third-order valence-corrected chi connectivity index (χ3v) is 3.88. The van der Waals surface area contributed by atoms with Crippen LogP contribution >= 0.6 is 0 Å². The van der Waals surface area contributed by atoms with Crippen molar-refractivity contribution in [3.63, 3.8) is 0 Å². The first-order valence-electron chi connectivity index (χ1n) is 6.24. The summed E-state index contributed by atoms with van der Waals surface area (Å²) >= 11 is 0. The predicted octanol–water partition coefficient (Wildman–Crippen LogP) is 2.89. The quantitative estimate of drug-likeness (QED) is 0.710. The summed E-state index contributed by atoms with van der Waals surface area (Å²) in [5, 5.41) is 3.54. The van der Waals surface area contributed by atoms with Gasteiger partial charge in [-0.05, 0) is 43.9 Å². The van der Waals surface area contributed by atoms with Crippen LogP contribution in [0.5, 0.6) is 0 Å². The Morgan fingerprint density at radius 1 is 1.47 bits per heavy atom. The number of anilines is 2. The molecule has 0 aliphatic heterocycles. The number of hydrogen-bond donors (Lipinski definition) is 3. The highest BCUT2D eigenvalue weighted by Gasteiger charge is 2.35. The number of aromatic amines is 1. The number of nitrogens with two attached hydrogens (primary N) is 1. The number of H-pyrrole nitrogens is 1. The van der Waals surface area contributed by atoms with Crippen molar-refractivity contribution < 1.29 is 0 Å². The van der Waals surface area contributed by atoms with Crippen LogP contribution in [0.4, 0.5) is 11.6 Å². The molecule has 0 spiro atoms. The molecule has 1 fully saturated rings. The minimum absolute atomic E-state index is 0.263. The molecule has 1 aromatic heterocycles. The summed E-state index contributed by atoms with van der Waals surface area (Å²) < 4.78 is 0. The second kappa shape index (κ2) is 3.65. The molecule has 0 bridgehead atoms. The number of nitrogens with zero attached hydrogens (tertiary/aromatic N) is 1. The van der Waals surface area contributed by atoms with Gasteiger partial charge >= 0.3 is 0 Å². The molecule has 2 aromatic rings. The van der Waals surface area contributed by atoms with Gasteiger partial charge in [-0.3, -0.25) is 0 Å². The number of aromatic nitrogens is 2. The Hall–Kier alpha value is -1.71. The van der Waals surface area contributed by atoms with Gasteiger partial charge in [0.25, 0.3) is 0 Å². The fourth-order valence-corrected chi connectivity index (χ4v) is 2.51. The Morgan fingerprint density at radius 2 is 2.29 bits per heavy atom. The maximum atomic E-state index is 5.76. The molecular weight excluding hydrogens is 212 g/mol. The van der Waals surface area contributed by atoms with Gasteiger partial charge < -0.3 is 16.0 Å². The van der Waals surface area contributed by atoms with E-state index < -0.39 is 0 Å². The molecule has 17 heavy (non-hydrogen) atoms. The number of benzene rings is 1. The van der Waals surface area contributed by atoms with Crippen molar-refractivity contribution in [1.29, 1.82) is 0 Å². The normalized spacial score (nSPS) is 17.9. The van der Waals surface area contributed by atoms with Gasteiger partial charge in [0.15, 0.2) is 0 Å². The van der Waals surface area contributed by atoms with Crippen LogP contribution in [0.1, 0.15) is 32.6 Å². The topological polar surface area (TPSA) is 66.7 Å². The van der Waals surface area contributed by atoms with E-state index >= 15 is 0 Å². The summed E-state index contributed by atoms with van der Waals surface area (Å²) in [5.41, 5.74) is 8.75. The standard InChI is InChI=1S/C13H18N4/c1-2-13(6-3-7-13)17-12-15-10-5-4-9(14)8-11(10)16-12/h4-5,8H,2-3,6-7,14H2,1H3,(H2,15,16,17). The minimum atomic E-state index is 0.263. The van der Waals surface area contributed by atoms with Crippen molar-refractivity contribution in [1.82, 2.24) is 9.97 Å². The average Bonchev–Trinajstić information content (AvgIpc) is 2.65. The first-order valence-corrected chi connectivity index (χ1v) is 6.24. The maximum Gasteiger partial charge on any atom is 0.201 e. The zero-order valence-corrected chi connectivity index (χ0v) is 10.1. The van der Waals surface area contributed by atoms with E-state index in [0.717, 1.165) is 29.1 Å². The molecule has 4 N–H and O–H groups in total. The van der Waals surface area contributed by atoms with Crippen molar-refractivity contribution >= 4 is 22.7 Å². The van der Waals surface area contributed by atoms with Gasteiger partial charge in [0, 0.05) is 11.2 Å². The average molecular weight is 230 g/mol. The van der Waals surface area contributed by atoms with Gasteiger partial charge in [0.2, 0.25) is 5.95 Å². The minimum Gasteiger partial charge on any atom is -0.399 e. The van der Waals surface area contributed by atoms with Crippen molar-refractivity contribution in [3.05, 3.63) is 18.2 Å². The van der Waals surface area contributed by atoms with Gasteiger partial charge in [0.05, 0.1) is 11.0 Å². The fourth-order valence-electron chi connectivity index (χ4n) is 2.51. The lowest BCUT2D eigenvalue weighted by Crippen LogP contribution is -2.44. The molecule has 4 nitrogen and oxygen atoms in total. The van der Waals surface area contributed by atoms with E-state index in [1.54, 1.807) is 0 Å². The van der Waals surface area contributed by atoms with Crippen molar-refractivity contribution in [3.8, 4) is 0 Å². The van der Waals surface area contributed by atoms with Crippen LogP contribution in [0.25, 0.3) is 11.0 Å². The molecule has 1 aliphatic rings. The first kappa shape index (κ1) is 10.4. The Bertz CT molecular complexity index is 534. The number of fused-ring (bicyclic) bond motifs is 1. The Kier molecular flexibility index (Phi) is 2.24. The molecule has 0 radical (unpaired) electrons. The molecule has 3 rings (SSSR count). The van der Waals surface area contributed by atoms with Crippen LogP contribution in [0.2, 0.25) is 0 Å². The monoisotopic (exact) mass is 230 g/mol. The van der Waals surface area contributed by atoms with Gasteiger partial charge in [-0.25, -0.2) is 4.98 Å². The smallest absolute Gasteiger partial charge is 0.201 e. The molecule has 1 aromatic carbocycles. The molecule has 0 unspecified atom stereocenters. The van der Waals surface area contributed by atoms with E-state index in [-0.39, 0.29) is 5.54 Å². The molecule has 1 aliphatic carbocycles. The summed E-state index contributed by atoms with van der Waals surface area (Å²) in [6.07, 6.45) is 4.94. The van der Waals surface area contributed by atoms with Crippen molar-refractivity contribution in [2.24, 2.45) is 0 Å². The number of hydrogen-bond acceptors (Lipinski definition) is 3. The number of nitrogen functional groups attached to an aromatic ring is 1. The van der Waals surface area contributed by atoms with E-state index in [9.17, 15) is 0 Å². The predicted molar refractivity (Wildman–Crippen MR) is 71.0 cm³/mol. The number of rotatable bonds is 3. The molecule has 0 amide bonds. The molecule has 0 saturated heterocycles. The second-order valence-corrected chi connectivity index (χ2v) is 4.97. The van der Waals surface area contributed by atoms with Gasteiger partial charge in [-0.2, -0.15) is 0 Å². The summed E-state index contributed by atoms with van der Waals surface area (Å²) in [5.74, 6) is 0.868. The highest BCUT2D eigenvalue weighted by atomic mass is 15.2. The Balaban J connectivity index is 1.90. The van der Waals surface area contributed by atoms with Gasteiger partial charge in [-0.1, -0.05) is 6.92 Å². The Morgan fingerprint density at radius 3 is 2.94 bits per heavy atom. The van der Waals surface area contributed by atoms with E-state index in [0.29, 0.717) is 0 Å². The third kappa shape index (κ3) is 1.73. The summed E-state index contributed by atoms with van der Waals surface area (Å²) in [4.78, 5) is 7.84. The molecule has 4 heteroatoms. The number of nitrogens with one attached hydrogen (secondary N) is 2. The van der Waals surface area contributed by atoms with Crippen LogP contribution in [0.15, 0.2) is 18.2 Å². The second-order valence-electron chi connectivity index (χ2n) is 4.97. The molecule has 0 atom stereocenters. The van der Waals surface area contributed by atoms with Crippen LogP contribution in [-0.4, -0.2) is 15.5 Å². The molecule has 1 heterocycles. The van der Waals surface area contributed by atoms with Gasteiger partial charge in [-0.15, -0.1) is 0 Å². The van der Waals surface area contributed by atoms with E-state index in [1.807, 2.05) is 18.2 Å². The van der Waals surface area contributed by atoms with Crippen molar-refractivity contribution in [2.75, 3.05) is 11.1 Å². The third-order valence-electron chi connectivity index (χ3n) is 3.88. The summed E-state index contributed by atoms with van der Waals surface area (Å²) in [6, 6.07) is 5.75. The molecule has 90 valence electrons. The van der Waals surface area contributed by atoms with E-state index in [2.05, 4.69) is 22.2 Å². The van der Waals surface area contributed by atoms with E-state index in [1.165, 1.54) is 19.3 Å². The molecular formula is C13H18N4. The Labute approximate surface area is 101 Å². The van der Waals surface area contributed by atoms with Crippen LogP contribution in [0, 0.1) is 0 Å². The molecule has 1 saturated carbocycles. The first-order chi connectivity index (χ1) is 8.21. The highest BCUT2D eigenvalue weighted by Crippen LogP contribution is 2.37. The highest BCUT2D eigenvalue weighted by molar-refractivity contribution is 5.80. The van der Waals surface area contributed by atoms with Crippen LogP contribution < -0.4 is 11.1 Å². The fraction of sp³-hybridized carbons (Fsp3) is 0.462. The number of imidazole rings is 1. The van der Waals surface area contributed by atoms with E-state index in [4.69, 9.17) is 5.73 Å². The maximum absolute atomic E-state index is 5.76. The van der Waals surface area contributed by atoms with Gasteiger partial charge in [0.1, 0.15) is 0 Å². The lowest BCUT2D eigenvalue weighted by atomic mass is 9.75. The lowest BCUT2D eigenvalue weighted by Gasteiger charge is -2.41. The van der Waals surface area contributed by atoms with Crippen LogP contribution in [-0.2, 0) is 0 Å². The zero-order valence-electron chi connectivity index (χ0n) is 10.1. The lowest BCUT2D eigenvalue weighted by molar-refractivity contribution is 0.268. The summed E-state index contributed by atoms with van der Waals surface area (Å²) in [6.45, 7) is 2.23. The zero-order chi connectivity index (χ0) is 11.9. The summed E-state index contributed by atoms with van der Waals surface area (Å²) in [7, 11) is 0. The SMILES string of the molecule is CCC1(Nc2nc3ccc(N)cc3[nH]2)CCC1. The largest absolute Gasteiger partial charge is 0.399 e. The van der Waals surface area contributed by atoms with Crippen molar-refractivity contribution in [2.45, 2.75) is 38.1 Å².